The van der Waals surface area contributed by atoms with Gasteiger partial charge < -0.3 is 10.4 Å². The fourth-order valence-corrected chi connectivity index (χ4v) is 2.80. The molecule has 0 aromatic heterocycles. The maximum absolute atomic E-state index is 12.6. The number of carboxylic acids is 1. The number of aliphatic carboxylic acids is 1. The normalized spacial score (nSPS) is 20.6. The van der Waals surface area contributed by atoms with E-state index in [1.807, 2.05) is 0 Å². The highest BCUT2D eigenvalue weighted by molar-refractivity contribution is 6.33. The Morgan fingerprint density at radius 2 is 1.91 bits per heavy atom. The van der Waals surface area contributed by atoms with Gasteiger partial charge in [0.25, 0.3) is 0 Å². The predicted octanol–water partition coefficient (Wildman–Crippen LogP) is 1.59. The highest BCUT2D eigenvalue weighted by Gasteiger charge is 2.49. The van der Waals surface area contributed by atoms with Crippen LogP contribution in [0.4, 0.5) is 0 Å². The fourth-order valence-electron chi connectivity index (χ4n) is 2.63. The quantitative estimate of drug-likeness (QED) is 0.816. The smallest absolute Gasteiger partial charge is 0.325 e. The van der Waals surface area contributed by atoms with Crippen LogP contribution in [0, 0.1) is 5.92 Å². The van der Waals surface area contributed by atoms with E-state index in [1.165, 1.54) is 13.0 Å². The Bertz CT molecular complexity index is 725. The van der Waals surface area contributed by atoms with Gasteiger partial charge in [-0.1, -0.05) is 17.7 Å². The summed E-state index contributed by atoms with van der Waals surface area (Å²) >= 11 is 5.91. The molecule has 0 bridgehead atoms. The summed E-state index contributed by atoms with van der Waals surface area (Å²) in [5.41, 5.74) is -0.333. The average molecular weight is 338 g/mol. The second kappa shape index (κ2) is 5.77. The van der Waals surface area contributed by atoms with Gasteiger partial charge in [-0.15, -0.1) is 0 Å². The number of hydrogen-bond acceptors (Lipinski definition) is 4. The molecule has 1 aromatic carbocycles. The summed E-state index contributed by atoms with van der Waals surface area (Å²) in [6.45, 7) is 4.50. The molecule has 2 atom stereocenters. The molecule has 122 valence electrons. The van der Waals surface area contributed by atoms with Crippen molar-refractivity contribution < 1.29 is 24.3 Å². The van der Waals surface area contributed by atoms with Crippen LogP contribution in [0.5, 0.6) is 0 Å². The molecule has 2 N–H and O–H groups in total. The Labute approximate surface area is 137 Å². The number of halogens is 1. The summed E-state index contributed by atoms with van der Waals surface area (Å²) < 4.78 is 0. The number of amides is 1. The zero-order valence-electron chi connectivity index (χ0n) is 12.8. The zero-order valence-corrected chi connectivity index (χ0v) is 13.6. The molecule has 23 heavy (non-hydrogen) atoms. The highest BCUT2D eigenvalue weighted by Crippen LogP contribution is 2.38. The summed E-state index contributed by atoms with van der Waals surface area (Å²) in [7, 11) is 0. The van der Waals surface area contributed by atoms with E-state index in [2.05, 4.69) is 5.32 Å². The standard InChI is InChI=1S/C16H16ClNO5/c1-7(15(22)23)18-14(21)11-12(19)9-6-8(17)4-5-10(9)16(2,3)13(11)20/h4-7,11H,1-3H3,(H,18,21)(H,22,23)/t7-,11?/m0/s1. The van der Waals surface area contributed by atoms with Crippen LogP contribution in [-0.2, 0) is 19.8 Å². The highest BCUT2D eigenvalue weighted by atomic mass is 35.5. The van der Waals surface area contributed by atoms with Crippen LogP contribution in [0.25, 0.3) is 0 Å². The molecule has 0 heterocycles. The van der Waals surface area contributed by atoms with E-state index >= 15 is 0 Å². The first-order chi connectivity index (χ1) is 10.6. The Morgan fingerprint density at radius 1 is 1.30 bits per heavy atom. The number of carboxylic acid groups (broad SMARTS) is 1. The number of fused-ring (bicyclic) bond motifs is 1. The summed E-state index contributed by atoms with van der Waals surface area (Å²) in [5.74, 6) is -4.96. The molecule has 1 aliphatic rings. The number of hydrogen-bond donors (Lipinski definition) is 2. The summed E-state index contributed by atoms with van der Waals surface area (Å²) in [6.07, 6.45) is 0. The van der Waals surface area contributed by atoms with Crippen LogP contribution in [-0.4, -0.2) is 34.6 Å². The van der Waals surface area contributed by atoms with Crippen LogP contribution >= 0.6 is 11.6 Å². The number of Topliss-reactive ketones (excluding diaryl/α,β-unsaturated/α-hetero) is 2. The number of carbonyl (C=O) groups excluding carboxylic acids is 3. The van der Waals surface area contributed by atoms with Gasteiger partial charge in [0.15, 0.2) is 17.5 Å². The molecule has 1 aromatic rings. The second-order valence-electron chi connectivity index (χ2n) is 6.04. The van der Waals surface area contributed by atoms with E-state index < -0.39 is 40.8 Å². The largest absolute Gasteiger partial charge is 0.480 e. The van der Waals surface area contributed by atoms with Crippen LogP contribution in [0.2, 0.25) is 5.02 Å². The Morgan fingerprint density at radius 3 is 2.48 bits per heavy atom. The number of nitrogens with one attached hydrogen (secondary N) is 1. The number of carbonyl (C=O) groups is 4. The maximum Gasteiger partial charge on any atom is 0.325 e. The topological polar surface area (TPSA) is 101 Å². The summed E-state index contributed by atoms with van der Waals surface area (Å²) in [6, 6.07) is 3.40. The molecule has 1 amide bonds. The molecule has 0 saturated carbocycles. The van der Waals surface area contributed by atoms with E-state index in [-0.39, 0.29) is 5.56 Å². The SMILES string of the molecule is C[C@H](NC(=O)C1C(=O)c2cc(Cl)ccc2C(C)(C)C1=O)C(=O)O. The lowest BCUT2D eigenvalue weighted by atomic mass is 9.66. The van der Waals surface area contributed by atoms with Gasteiger partial charge in [-0.3, -0.25) is 19.2 Å². The monoisotopic (exact) mass is 337 g/mol. The Kier molecular flexibility index (Phi) is 4.30. The van der Waals surface area contributed by atoms with Crippen molar-refractivity contribution in [2.75, 3.05) is 0 Å². The van der Waals surface area contributed by atoms with E-state index in [0.717, 1.165) is 0 Å². The van der Waals surface area contributed by atoms with Gasteiger partial charge in [0.1, 0.15) is 6.04 Å². The van der Waals surface area contributed by atoms with Crippen LogP contribution in [0.1, 0.15) is 36.7 Å². The molecule has 0 spiro atoms. The number of benzene rings is 1. The van der Waals surface area contributed by atoms with Gasteiger partial charge in [-0.05, 0) is 38.5 Å². The minimum Gasteiger partial charge on any atom is -0.480 e. The molecule has 2 rings (SSSR count). The molecule has 0 radical (unpaired) electrons. The van der Waals surface area contributed by atoms with Crippen molar-refractivity contribution in [3.8, 4) is 0 Å². The van der Waals surface area contributed by atoms with E-state index in [0.29, 0.717) is 10.6 Å². The molecule has 1 unspecified atom stereocenters. The summed E-state index contributed by atoms with van der Waals surface area (Å²) in [5, 5.41) is 11.4. The summed E-state index contributed by atoms with van der Waals surface area (Å²) in [4.78, 5) is 48.3. The lowest BCUT2D eigenvalue weighted by molar-refractivity contribution is -0.143. The maximum atomic E-state index is 12.6. The van der Waals surface area contributed by atoms with Crippen molar-refractivity contribution in [2.45, 2.75) is 32.2 Å². The molecule has 0 aliphatic heterocycles. The van der Waals surface area contributed by atoms with Crippen molar-refractivity contribution >= 4 is 35.0 Å². The molecular weight excluding hydrogens is 322 g/mol. The van der Waals surface area contributed by atoms with Crippen molar-refractivity contribution in [3.05, 3.63) is 34.3 Å². The van der Waals surface area contributed by atoms with Gasteiger partial charge in [0.2, 0.25) is 5.91 Å². The third kappa shape index (κ3) is 2.86. The molecule has 7 heteroatoms. The van der Waals surface area contributed by atoms with Gasteiger partial charge in [-0.25, -0.2) is 0 Å². The fraction of sp³-hybridized carbons (Fsp3) is 0.375. The van der Waals surface area contributed by atoms with Gasteiger partial charge in [0, 0.05) is 10.6 Å². The van der Waals surface area contributed by atoms with Crippen molar-refractivity contribution in [1.29, 1.82) is 0 Å². The minimum absolute atomic E-state index is 0.213. The van der Waals surface area contributed by atoms with Crippen LogP contribution < -0.4 is 5.32 Å². The van der Waals surface area contributed by atoms with Crippen LogP contribution in [0.15, 0.2) is 18.2 Å². The first-order valence-electron chi connectivity index (χ1n) is 6.99. The Balaban J connectivity index is 2.47. The van der Waals surface area contributed by atoms with Crippen molar-refractivity contribution in [3.63, 3.8) is 0 Å². The Hall–Kier alpha value is -2.21. The molecule has 1 aliphatic carbocycles. The van der Waals surface area contributed by atoms with Crippen molar-refractivity contribution in [1.82, 2.24) is 5.32 Å². The lowest BCUT2D eigenvalue weighted by Crippen LogP contribution is -2.53. The number of ketones is 2. The van der Waals surface area contributed by atoms with E-state index in [9.17, 15) is 19.2 Å². The van der Waals surface area contributed by atoms with E-state index in [4.69, 9.17) is 16.7 Å². The molecule has 6 nitrogen and oxygen atoms in total. The molecule has 0 saturated heterocycles. The first-order valence-corrected chi connectivity index (χ1v) is 7.37. The van der Waals surface area contributed by atoms with Gasteiger partial charge in [0.05, 0.1) is 5.41 Å². The lowest BCUT2D eigenvalue weighted by Gasteiger charge is -2.34. The second-order valence-corrected chi connectivity index (χ2v) is 6.48. The average Bonchev–Trinajstić information content (AvgIpc) is 2.45. The predicted molar refractivity (Wildman–Crippen MR) is 82.5 cm³/mol. The zero-order chi connectivity index (χ0) is 17.5. The van der Waals surface area contributed by atoms with Gasteiger partial charge >= 0.3 is 5.97 Å². The van der Waals surface area contributed by atoms with Crippen molar-refractivity contribution in [2.24, 2.45) is 5.92 Å². The molecular formula is C16H16ClNO5. The third-order valence-electron chi connectivity index (χ3n) is 4.05. The first kappa shape index (κ1) is 17.1. The minimum atomic E-state index is -1.57. The van der Waals surface area contributed by atoms with Gasteiger partial charge in [-0.2, -0.15) is 0 Å². The van der Waals surface area contributed by atoms with Crippen LogP contribution in [0.3, 0.4) is 0 Å². The van der Waals surface area contributed by atoms with E-state index in [1.54, 1.807) is 26.0 Å². The molecule has 0 fully saturated rings. The number of rotatable bonds is 3. The third-order valence-corrected chi connectivity index (χ3v) is 4.29.